The summed E-state index contributed by atoms with van der Waals surface area (Å²) in [6.45, 7) is 0. The minimum Gasteiger partial charge on any atom is -0.381 e. The molecule has 106 valence electrons. The summed E-state index contributed by atoms with van der Waals surface area (Å²) in [6.07, 6.45) is 0. The number of benzene rings is 2. The molecule has 2 aromatic carbocycles. The quantitative estimate of drug-likeness (QED) is 0.686. The predicted molar refractivity (Wildman–Crippen MR) is 83.7 cm³/mol. The lowest BCUT2D eigenvalue weighted by Gasteiger charge is -2.10. The summed E-state index contributed by atoms with van der Waals surface area (Å²) in [4.78, 5) is 8.62. The van der Waals surface area contributed by atoms with Crippen LogP contribution >= 0.6 is 23.2 Å². The van der Waals surface area contributed by atoms with Crippen LogP contribution in [0.25, 0.3) is 11.0 Å². The number of nitrogens with two attached hydrogens (primary N) is 1. The molecule has 1 aromatic heterocycles. The Morgan fingerprint density at radius 3 is 2.19 bits per heavy atom. The molecule has 0 atom stereocenters. The molecule has 0 unspecified atom stereocenters. The minimum atomic E-state index is -0.665. The van der Waals surface area contributed by atoms with E-state index in [4.69, 9.17) is 28.9 Å². The van der Waals surface area contributed by atoms with E-state index < -0.39 is 5.82 Å². The number of nitrogens with one attached hydrogen (secondary N) is 1. The Morgan fingerprint density at radius 1 is 1.00 bits per heavy atom. The normalized spacial score (nSPS) is 10.8. The molecule has 0 saturated heterocycles. The number of anilines is 3. The number of para-hydroxylation sites is 2. The molecule has 0 fully saturated rings. The lowest BCUT2D eigenvalue weighted by molar-refractivity contribution is 0.629. The molecule has 0 aliphatic heterocycles. The fraction of sp³-hybridized carbons (Fsp3) is 0. The summed E-state index contributed by atoms with van der Waals surface area (Å²) in [5, 5.41) is 2.77. The van der Waals surface area contributed by atoms with E-state index >= 15 is 0 Å². The number of fused-ring (bicyclic) bond motifs is 1. The smallest absolute Gasteiger partial charge is 0.174 e. The average Bonchev–Trinajstić information content (AvgIpc) is 2.45. The van der Waals surface area contributed by atoms with Gasteiger partial charge in [-0.1, -0.05) is 35.3 Å². The van der Waals surface area contributed by atoms with Crippen molar-refractivity contribution in [1.29, 1.82) is 0 Å². The van der Waals surface area contributed by atoms with Crippen molar-refractivity contribution in [3.05, 3.63) is 52.3 Å². The Bertz CT molecular complexity index is 815. The zero-order valence-electron chi connectivity index (χ0n) is 10.6. The Hall–Kier alpha value is -2.11. The van der Waals surface area contributed by atoms with Gasteiger partial charge in [0.05, 0.1) is 21.1 Å². The van der Waals surface area contributed by atoms with Gasteiger partial charge >= 0.3 is 0 Å². The number of nitrogen functional groups attached to an aromatic ring is 1. The Morgan fingerprint density at radius 2 is 1.57 bits per heavy atom. The number of halogens is 3. The van der Waals surface area contributed by atoms with Gasteiger partial charge in [-0.05, 0) is 24.3 Å². The summed E-state index contributed by atoms with van der Waals surface area (Å²) >= 11 is 11.5. The maximum Gasteiger partial charge on any atom is 0.174 e. The molecule has 3 N–H and O–H groups in total. The van der Waals surface area contributed by atoms with Crippen LogP contribution in [0.3, 0.4) is 0 Å². The summed E-state index contributed by atoms with van der Waals surface area (Å²) in [5.41, 5.74) is 7.72. The first-order valence-corrected chi connectivity index (χ1v) is 6.74. The molecule has 4 nitrogen and oxygen atoms in total. The van der Waals surface area contributed by atoms with Gasteiger partial charge in [0, 0.05) is 5.69 Å². The summed E-state index contributed by atoms with van der Waals surface area (Å²) in [7, 11) is 0. The maximum atomic E-state index is 13.4. The van der Waals surface area contributed by atoms with Crippen LogP contribution in [0.15, 0.2) is 36.4 Å². The van der Waals surface area contributed by atoms with Crippen molar-refractivity contribution in [2.75, 3.05) is 11.1 Å². The lowest BCUT2D eigenvalue weighted by Crippen LogP contribution is -2.02. The molecule has 3 aromatic rings. The molecule has 3 rings (SSSR count). The van der Waals surface area contributed by atoms with Crippen LogP contribution in [0.2, 0.25) is 10.0 Å². The minimum absolute atomic E-state index is 0.0858. The molecule has 7 heteroatoms. The van der Waals surface area contributed by atoms with Crippen LogP contribution in [0, 0.1) is 5.82 Å². The SMILES string of the molecule is Nc1nc2ccccc2nc1Nc1cc(Cl)c(F)c(Cl)c1. The Labute approximate surface area is 129 Å². The van der Waals surface area contributed by atoms with Crippen LogP contribution in [0.1, 0.15) is 0 Å². The van der Waals surface area contributed by atoms with Gasteiger partial charge in [-0.25, -0.2) is 14.4 Å². The van der Waals surface area contributed by atoms with Crippen LogP contribution < -0.4 is 11.1 Å². The second-order valence-electron chi connectivity index (χ2n) is 4.33. The van der Waals surface area contributed by atoms with Crippen LogP contribution in [0.4, 0.5) is 21.7 Å². The first-order valence-electron chi connectivity index (χ1n) is 5.98. The van der Waals surface area contributed by atoms with E-state index in [0.29, 0.717) is 22.5 Å². The van der Waals surface area contributed by atoms with Crippen LogP contribution in [-0.4, -0.2) is 9.97 Å². The number of hydrogen-bond donors (Lipinski definition) is 2. The Balaban J connectivity index is 2.03. The van der Waals surface area contributed by atoms with Gasteiger partial charge in [-0.15, -0.1) is 0 Å². The zero-order chi connectivity index (χ0) is 15.0. The molecular formula is C14H9Cl2FN4. The zero-order valence-corrected chi connectivity index (χ0v) is 12.1. The largest absolute Gasteiger partial charge is 0.381 e. The van der Waals surface area contributed by atoms with E-state index in [2.05, 4.69) is 15.3 Å². The van der Waals surface area contributed by atoms with Gasteiger partial charge in [0.15, 0.2) is 17.5 Å². The van der Waals surface area contributed by atoms with E-state index in [1.807, 2.05) is 24.3 Å². The first kappa shape index (κ1) is 13.9. The molecule has 0 amide bonds. The highest BCUT2D eigenvalue weighted by Crippen LogP contribution is 2.30. The van der Waals surface area contributed by atoms with Crippen LogP contribution in [0.5, 0.6) is 0 Å². The van der Waals surface area contributed by atoms with Crippen molar-refractivity contribution >= 4 is 51.6 Å². The molecule has 0 bridgehead atoms. The molecule has 0 spiro atoms. The number of hydrogen-bond acceptors (Lipinski definition) is 4. The second-order valence-corrected chi connectivity index (χ2v) is 5.14. The third-order valence-corrected chi connectivity index (χ3v) is 3.39. The molecule has 1 heterocycles. The Kier molecular flexibility index (Phi) is 3.53. The van der Waals surface area contributed by atoms with Crippen LogP contribution in [-0.2, 0) is 0 Å². The third-order valence-electron chi connectivity index (χ3n) is 2.84. The molecular weight excluding hydrogens is 314 g/mol. The number of nitrogens with zero attached hydrogens (tertiary/aromatic N) is 2. The fourth-order valence-electron chi connectivity index (χ4n) is 1.87. The van der Waals surface area contributed by atoms with E-state index in [9.17, 15) is 4.39 Å². The third kappa shape index (κ3) is 2.70. The topological polar surface area (TPSA) is 63.8 Å². The van der Waals surface area contributed by atoms with Crippen molar-refractivity contribution in [1.82, 2.24) is 9.97 Å². The van der Waals surface area contributed by atoms with Gasteiger partial charge in [-0.2, -0.15) is 0 Å². The molecule has 0 aliphatic rings. The van der Waals surface area contributed by atoms with Crippen molar-refractivity contribution < 1.29 is 4.39 Å². The van der Waals surface area contributed by atoms with Gasteiger partial charge in [-0.3, -0.25) is 0 Å². The summed E-state index contributed by atoms with van der Waals surface area (Å²) in [5.74, 6) is -0.0841. The van der Waals surface area contributed by atoms with E-state index in [0.717, 1.165) is 0 Å². The molecule has 21 heavy (non-hydrogen) atoms. The fourth-order valence-corrected chi connectivity index (χ4v) is 2.36. The average molecular weight is 323 g/mol. The van der Waals surface area contributed by atoms with Crippen molar-refractivity contribution in [3.8, 4) is 0 Å². The van der Waals surface area contributed by atoms with E-state index in [1.165, 1.54) is 12.1 Å². The van der Waals surface area contributed by atoms with E-state index in [-0.39, 0.29) is 15.9 Å². The highest BCUT2D eigenvalue weighted by molar-refractivity contribution is 6.35. The standard InChI is InChI=1S/C14H9Cl2FN4/c15-8-5-7(6-9(16)12(8)17)19-14-13(18)20-10-3-1-2-4-11(10)21-14/h1-6H,(H2,18,20)(H,19,21). The molecule has 0 radical (unpaired) electrons. The molecule has 0 aliphatic carbocycles. The maximum absolute atomic E-state index is 13.4. The number of aromatic nitrogens is 2. The lowest BCUT2D eigenvalue weighted by atomic mass is 10.3. The second kappa shape index (κ2) is 5.35. The van der Waals surface area contributed by atoms with Gasteiger partial charge in [0.25, 0.3) is 0 Å². The summed E-state index contributed by atoms with van der Waals surface area (Å²) < 4.78 is 13.4. The van der Waals surface area contributed by atoms with Crippen molar-refractivity contribution in [2.45, 2.75) is 0 Å². The highest BCUT2D eigenvalue weighted by Gasteiger charge is 2.10. The van der Waals surface area contributed by atoms with Gasteiger partial charge < -0.3 is 11.1 Å². The predicted octanol–water partition coefficient (Wildman–Crippen LogP) is 4.40. The van der Waals surface area contributed by atoms with Gasteiger partial charge in [0.1, 0.15) is 0 Å². The first-order chi connectivity index (χ1) is 10.0. The summed E-state index contributed by atoms with van der Waals surface area (Å²) in [6, 6.07) is 10.1. The molecule has 0 saturated carbocycles. The van der Waals surface area contributed by atoms with Crippen molar-refractivity contribution in [3.63, 3.8) is 0 Å². The monoisotopic (exact) mass is 322 g/mol. The van der Waals surface area contributed by atoms with Crippen molar-refractivity contribution in [2.24, 2.45) is 0 Å². The van der Waals surface area contributed by atoms with E-state index in [1.54, 1.807) is 0 Å². The highest BCUT2D eigenvalue weighted by atomic mass is 35.5. The van der Waals surface area contributed by atoms with Gasteiger partial charge in [0.2, 0.25) is 0 Å². The number of rotatable bonds is 2.